The largest absolute Gasteiger partial charge is 0.497 e. The van der Waals surface area contributed by atoms with E-state index < -0.39 is 23.7 Å². The summed E-state index contributed by atoms with van der Waals surface area (Å²) in [6.45, 7) is 0.801. The molecule has 10 heteroatoms. The van der Waals surface area contributed by atoms with Crippen molar-refractivity contribution in [3.05, 3.63) is 89.7 Å². The highest BCUT2D eigenvalue weighted by Gasteiger charge is 2.34. The van der Waals surface area contributed by atoms with Gasteiger partial charge in [-0.1, -0.05) is 47.7 Å². The van der Waals surface area contributed by atoms with Gasteiger partial charge in [0.05, 0.1) is 18.7 Å². The molecule has 3 aromatic carbocycles. The van der Waals surface area contributed by atoms with Gasteiger partial charge in [-0.3, -0.25) is 9.59 Å². The summed E-state index contributed by atoms with van der Waals surface area (Å²) in [6, 6.07) is 19.3. The number of nitrogens with zero attached hydrogens (tertiary/aromatic N) is 4. The molecule has 2 amide bonds. The standard InChI is InChI=1S/C29H30FN5O4/c1-38-21-14-12-20(13-15-21)18-34(27(36)19-35-26-11-5-4-10-25(26)32-33-35)28(23-8-2-3-9-24(23)30)29(37)31-17-22-7-6-16-39-22/h2-5,8-15,22,28H,6-7,16-19H2,1H3,(H,31,37)/t22-,28+/m0/s1. The summed E-state index contributed by atoms with van der Waals surface area (Å²) in [5.41, 5.74) is 2.18. The Balaban J connectivity index is 1.50. The number of halogens is 1. The lowest BCUT2D eigenvalue weighted by molar-refractivity contribution is -0.142. The Labute approximate surface area is 225 Å². The Kier molecular flexibility index (Phi) is 8.12. The van der Waals surface area contributed by atoms with E-state index in [0.717, 1.165) is 18.4 Å². The fraction of sp³-hybridized carbons (Fsp3) is 0.310. The summed E-state index contributed by atoms with van der Waals surface area (Å²) in [5, 5.41) is 11.2. The summed E-state index contributed by atoms with van der Waals surface area (Å²) in [5.74, 6) is -0.818. The predicted molar refractivity (Wildman–Crippen MR) is 142 cm³/mol. The number of methoxy groups -OCH3 is 1. The smallest absolute Gasteiger partial charge is 0.247 e. The number of fused-ring (bicyclic) bond motifs is 1. The molecule has 2 heterocycles. The van der Waals surface area contributed by atoms with Crippen LogP contribution in [0.1, 0.15) is 30.0 Å². The van der Waals surface area contributed by atoms with E-state index in [1.54, 1.807) is 37.4 Å². The minimum Gasteiger partial charge on any atom is -0.497 e. The van der Waals surface area contributed by atoms with Gasteiger partial charge >= 0.3 is 0 Å². The van der Waals surface area contributed by atoms with Crippen LogP contribution >= 0.6 is 0 Å². The molecular formula is C29H30FN5O4. The molecular weight excluding hydrogens is 501 g/mol. The van der Waals surface area contributed by atoms with Crippen LogP contribution in [0.2, 0.25) is 0 Å². The summed E-state index contributed by atoms with van der Waals surface area (Å²) < 4.78 is 27.6. The number of hydrogen-bond acceptors (Lipinski definition) is 6. The molecule has 2 atom stereocenters. The average molecular weight is 532 g/mol. The van der Waals surface area contributed by atoms with Crippen LogP contribution in [-0.4, -0.2) is 58.1 Å². The first kappa shape index (κ1) is 26.3. The van der Waals surface area contributed by atoms with E-state index in [1.165, 1.54) is 21.7 Å². The molecule has 39 heavy (non-hydrogen) atoms. The molecule has 5 rings (SSSR count). The molecule has 4 aromatic rings. The first-order chi connectivity index (χ1) is 19.0. The molecule has 1 aliphatic rings. The second kappa shape index (κ2) is 12.0. The maximum atomic E-state index is 15.2. The summed E-state index contributed by atoms with van der Waals surface area (Å²) in [6.07, 6.45) is 1.64. The van der Waals surface area contributed by atoms with E-state index in [-0.39, 0.29) is 31.3 Å². The van der Waals surface area contributed by atoms with Gasteiger partial charge in [-0.25, -0.2) is 9.07 Å². The molecule has 202 valence electrons. The van der Waals surface area contributed by atoms with Gasteiger partial charge in [0.1, 0.15) is 29.7 Å². The molecule has 1 aliphatic heterocycles. The summed E-state index contributed by atoms with van der Waals surface area (Å²) in [7, 11) is 1.57. The molecule has 1 fully saturated rings. The molecule has 0 aliphatic carbocycles. The Morgan fingerprint density at radius 1 is 1.13 bits per heavy atom. The lowest BCUT2D eigenvalue weighted by Crippen LogP contribution is -2.46. The lowest BCUT2D eigenvalue weighted by atomic mass is 10.0. The van der Waals surface area contributed by atoms with Crippen molar-refractivity contribution in [2.45, 2.75) is 38.1 Å². The van der Waals surface area contributed by atoms with Gasteiger partial charge in [0.15, 0.2) is 0 Å². The average Bonchev–Trinajstić information content (AvgIpc) is 3.63. The van der Waals surface area contributed by atoms with Crippen LogP contribution in [0.4, 0.5) is 4.39 Å². The van der Waals surface area contributed by atoms with E-state index >= 15 is 4.39 Å². The number of amides is 2. The predicted octanol–water partition coefficient (Wildman–Crippen LogP) is 3.64. The molecule has 0 unspecified atom stereocenters. The molecule has 1 aromatic heterocycles. The van der Waals surface area contributed by atoms with Gasteiger partial charge in [0.2, 0.25) is 11.8 Å². The first-order valence-electron chi connectivity index (χ1n) is 12.9. The second-order valence-corrected chi connectivity index (χ2v) is 9.41. The zero-order chi connectivity index (χ0) is 27.2. The third-order valence-electron chi connectivity index (χ3n) is 6.83. The number of nitrogens with one attached hydrogen (secondary N) is 1. The van der Waals surface area contributed by atoms with Crippen molar-refractivity contribution in [1.29, 1.82) is 0 Å². The van der Waals surface area contributed by atoms with Crippen LogP contribution in [0, 0.1) is 5.82 Å². The van der Waals surface area contributed by atoms with E-state index in [1.807, 2.05) is 30.3 Å². The Morgan fingerprint density at radius 3 is 2.64 bits per heavy atom. The number of carbonyl (C=O) groups is 2. The molecule has 9 nitrogen and oxygen atoms in total. The first-order valence-corrected chi connectivity index (χ1v) is 12.9. The maximum Gasteiger partial charge on any atom is 0.247 e. The van der Waals surface area contributed by atoms with Gasteiger partial charge < -0.3 is 19.7 Å². The van der Waals surface area contributed by atoms with Crippen LogP contribution in [0.15, 0.2) is 72.8 Å². The van der Waals surface area contributed by atoms with Gasteiger partial charge in [-0.05, 0) is 48.7 Å². The van der Waals surface area contributed by atoms with Crippen molar-refractivity contribution < 1.29 is 23.5 Å². The third-order valence-corrected chi connectivity index (χ3v) is 6.83. The zero-order valence-electron chi connectivity index (χ0n) is 21.6. The van der Waals surface area contributed by atoms with Crippen molar-refractivity contribution in [1.82, 2.24) is 25.2 Å². The van der Waals surface area contributed by atoms with Gasteiger partial charge in [0.25, 0.3) is 0 Å². The quantitative estimate of drug-likeness (QED) is 0.336. The number of para-hydroxylation sites is 1. The van der Waals surface area contributed by atoms with Gasteiger partial charge in [-0.2, -0.15) is 0 Å². The monoisotopic (exact) mass is 531 g/mol. The van der Waals surface area contributed by atoms with Crippen LogP contribution < -0.4 is 10.1 Å². The molecule has 1 N–H and O–H groups in total. The van der Waals surface area contributed by atoms with Crippen molar-refractivity contribution >= 4 is 22.8 Å². The third kappa shape index (κ3) is 6.06. The van der Waals surface area contributed by atoms with Crippen molar-refractivity contribution in [3.63, 3.8) is 0 Å². The normalized spacial score (nSPS) is 15.7. The van der Waals surface area contributed by atoms with Crippen LogP contribution in [0.3, 0.4) is 0 Å². The minimum absolute atomic E-state index is 0.0573. The Bertz CT molecular complexity index is 1440. The molecule has 0 saturated carbocycles. The van der Waals surface area contributed by atoms with E-state index in [9.17, 15) is 9.59 Å². The molecule has 0 spiro atoms. The van der Waals surface area contributed by atoms with Gasteiger partial charge in [0, 0.05) is 25.3 Å². The van der Waals surface area contributed by atoms with E-state index in [2.05, 4.69) is 15.6 Å². The fourth-order valence-corrected chi connectivity index (χ4v) is 4.77. The number of hydrogen-bond donors (Lipinski definition) is 1. The number of aromatic nitrogens is 3. The van der Waals surface area contributed by atoms with Crippen LogP contribution in [0.25, 0.3) is 11.0 Å². The number of rotatable bonds is 10. The van der Waals surface area contributed by atoms with Gasteiger partial charge in [-0.15, -0.1) is 5.10 Å². The van der Waals surface area contributed by atoms with Crippen molar-refractivity contribution in [3.8, 4) is 5.75 Å². The molecule has 0 radical (unpaired) electrons. The SMILES string of the molecule is COc1ccc(CN(C(=O)Cn2nnc3ccccc32)[C@@H](C(=O)NC[C@@H]2CCCO2)c2ccccc2F)cc1. The number of ether oxygens (including phenoxy) is 2. The fourth-order valence-electron chi connectivity index (χ4n) is 4.77. The second-order valence-electron chi connectivity index (χ2n) is 9.41. The van der Waals surface area contributed by atoms with E-state index in [0.29, 0.717) is 23.4 Å². The number of carbonyl (C=O) groups excluding carboxylic acids is 2. The topological polar surface area (TPSA) is 98.6 Å². The maximum absolute atomic E-state index is 15.2. The van der Waals surface area contributed by atoms with Crippen molar-refractivity contribution in [2.75, 3.05) is 20.3 Å². The summed E-state index contributed by atoms with van der Waals surface area (Å²) >= 11 is 0. The highest BCUT2D eigenvalue weighted by molar-refractivity contribution is 5.89. The molecule has 1 saturated heterocycles. The highest BCUT2D eigenvalue weighted by Crippen LogP contribution is 2.27. The van der Waals surface area contributed by atoms with Crippen molar-refractivity contribution in [2.24, 2.45) is 0 Å². The van der Waals surface area contributed by atoms with E-state index in [4.69, 9.17) is 9.47 Å². The van der Waals surface area contributed by atoms with Crippen LogP contribution in [-0.2, 0) is 27.4 Å². The Morgan fingerprint density at radius 2 is 1.90 bits per heavy atom. The lowest BCUT2D eigenvalue weighted by Gasteiger charge is -2.32. The summed E-state index contributed by atoms with van der Waals surface area (Å²) in [4.78, 5) is 29.1. The zero-order valence-corrected chi connectivity index (χ0v) is 21.6. The number of benzene rings is 3. The highest BCUT2D eigenvalue weighted by atomic mass is 19.1. The Hall–Kier alpha value is -4.31. The minimum atomic E-state index is -1.23. The molecule has 0 bridgehead atoms. The van der Waals surface area contributed by atoms with Crippen LogP contribution in [0.5, 0.6) is 5.75 Å².